The zero-order valence-corrected chi connectivity index (χ0v) is 12.1. The summed E-state index contributed by atoms with van der Waals surface area (Å²) in [5.41, 5.74) is 1.95. The van der Waals surface area contributed by atoms with Crippen LogP contribution in [-0.4, -0.2) is 44.6 Å². The van der Waals surface area contributed by atoms with Crippen LogP contribution in [0, 0.1) is 0 Å². The van der Waals surface area contributed by atoms with Gasteiger partial charge >= 0.3 is 5.97 Å². The lowest BCUT2D eigenvalue weighted by molar-refractivity contribution is -0.138. The van der Waals surface area contributed by atoms with E-state index in [1.54, 1.807) is 14.0 Å². The Morgan fingerprint density at radius 1 is 1.25 bits per heavy atom. The summed E-state index contributed by atoms with van der Waals surface area (Å²) in [6.45, 7) is 5.08. The van der Waals surface area contributed by atoms with E-state index in [-0.39, 0.29) is 0 Å². The van der Waals surface area contributed by atoms with E-state index in [1.807, 2.05) is 24.3 Å². The molecule has 112 valence electrons. The standard InChI is InChI=1S/C15H23NO4/c1-12(15(17)18)14-5-3-13(4-6-14)11-16-7-8-20-10-9-19-2/h3-6,12,16H,7-11H2,1-2H3,(H,17,18). The number of rotatable bonds is 10. The first kappa shape index (κ1) is 16.6. The summed E-state index contributed by atoms with van der Waals surface area (Å²) in [5, 5.41) is 12.2. The number of hydrogen-bond donors (Lipinski definition) is 2. The predicted octanol–water partition coefficient (Wildman–Crippen LogP) is 1.63. The molecule has 5 heteroatoms. The minimum absolute atomic E-state index is 0.466. The van der Waals surface area contributed by atoms with Gasteiger partial charge in [-0.25, -0.2) is 0 Å². The van der Waals surface area contributed by atoms with Crippen LogP contribution >= 0.6 is 0 Å². The first-order valence-corrected chi connectivity index (χ1v) is 6.74. The average molecular weight is 281 g/mol. The normalized spacial score (nSPS) is 12.3. The van der Waals surface area contributed by atoms with Crippen LogP contribution < -0.4 is 5.32 Å². The van der Waals surface area contributed by atoms with Crippen molar-refractivity contribution >= 4 is 5.97 Å². The molecule has 1 atom stereocenters. The van der Waals surface area contributed by atoms with Gasteiger partial charge in [0.15, 0.2) is 0 Å². The quantitative estimate of drug-likeness (QED) is 0.638. The van der Waals surface area contributed by atoms with Gasteiger partial charge in [-0.2, -0.15) is 0 Å². The summed E-state index contributed by atoms with van der Waals surface area (Å²) >= 11 is 0. The Labute approximate surface area is 119 Å². The molecule has 0 aliphatic carbocycles. The van der Waals surface area contributed by atoms with Gasteiger partial charge in [0.05, 0.1) is 25.7 Å². The molecule has 0 aliphatic heterocycles. The molecule has 0 aromatic heterocycles. The van der Waals surface area contributed by atoms with Crippen LogP contribution in [0.3, 0.4) is 0 Å². The molecule has 1 rings (SSSR count). The number of methoxy groups -OCH3 is 1. The van der Waals surface area contributed by atoms with E-state index in [2.05, 4.69) is 5.32 Å². The highest BCUT2D eigenvalue weighted by molar-refractivity contribution is 5.75. The fraction of sp³-hybridized carbons (Fsp3) is 0.533. The van der Waals surface area contributed by atoms with Crippen LogP contribution in [0.4, 0.5) is 0 Å². The number of carboxylic acid groups (broad SMARTS) is 1. The summed E-state index contributed by atoms with van der Waals surface area (Å²) in [4.78, 5) is 10.9. The number of benzene rings is 1. The molecule has 20 heavy (non-hydrogen) atoms. The monoisotopic (exact) mass is 281 g/mol. The van der Waals surface area contributed by atoms with Crippen molar-refractivity contribution in [3.8, 4) is 0 Å². The van der Waals surface area contributed by atoms with Crippen molar-refractivity contribution < 1.29 is 19.4 Å². The van der Waals surface area contributed by atoms with Crippen LogP contribution in [0.15, 0.2) is 24.3 Å². The van der Waals surface area contributed by atoms with E-state index in [4.69, 9.17) is 14.6 Å². The highest BCUT2D eigenvalue weighted by Crippen LogP contribution is 2.15. The number of carbonyl (C=O) groups is 1. The molecule has 0 fully saturated rings. The predicted molar refractivity (Wildman–Crippen MR) is 76.9 cm³/mol. The second-order valence-electron chi connectivity index (χ2n) is 4.58. The molecular weight excluding hydrogens is 258 g/mol. The van der Waals surface area contributed by atoms with Gasteiger partial charge < -0.3 is 19.9 Å². The molecule has 0 amide bonds. The average Bonchev–Trinajstić information content (AvgIpc) is 2.46. The van der Waals surface area contributed by atoms with Gasteiger partial charge in [-0.15, -0.1) is 0 Å². The third-order valence-corrected chi connectivity index (χ3v) is 3.03. The zero-order valence-electron chi connectivity index (χ0n) is 12.1. The first-order valence-electron chi connectivity index (χ1n) is 6.74. The lowest BCUT2D eigenvalue weighted by atomic mass is 10.0. The molecule has 1 aromatic carbocycles. The SMILES string of the molecule is COCCOCCNCc1ccc(C(C)C(=O)O)cc1. The van der Waals surface area contributed by atoms with Crippen LogP contribution in [0.25, 0.3) is 0 Å². The molecule has 0 bridgehead atoms. The Balaban J connectivity index is 2.23. The van der Waals surface area contributed by atoms with Crippen molar-refractivity contribution in [1.82, 2.24) is 5.32 Å². The van der Waals surface area contributed by atoms with Gasteiger partial charge in [-0.3, -0.25) is 4.79 Å². The van der Waals surface area contributed by atoms with Crippen molar-refractivity contribution in [2.24, 2.45) is 0 Å². The largest absolute Gasteiger partial charge is 0.481 e. The molecule has 2 N–H and O–H groups in total. The van der Waals surface area contributed by atoms with Gasteiger partial charge in [-0.05, 0) is 18.1 Å². The van der Waals surface area contributed by atoms with E-state index >= 15 is 0 Å². The van der Waals surface area contributed by atoms with E-state index < -0.39 is 11.9 Å². The van der Waals surface area contributed by atoms with Crippen molar-refractivity contribution in [2.75, 3.05) is 33.5 Å². The number of ether oxygens (including phenoxy) is 2. The smallest absolute Gasteiger partial charge is 0.310 e. The summed E-state index contributed by atoms with van der Waals surface area (Å²) < 4.78 is 10.2. The van der Waals surface area contributed by atoms with Crippen molar-refractivity contribution in [2.45, 2.75) is 19.4 Å². The maximum absolute atomic E-state index is 10.9. The third-order valence-electron chi connectivity index (χ3n) is 3.03. The second kappa shape index (κ2) is 9.47. The van der Waals surface area contributed by atoms with Crippen LogP contribution in [0.1, 0.15) is 24.0 Å². The van der Waals surface area contributed by atoms with E-state index in [0.29, 0.717) is 19.8 Å². The molecular formula is C15H23NO4. The number of aliphatic carboxylic acids is 1. The Hall–Kier alpha value is -1.43. The van der Waals surface area contributed by atoms with Crippen LogP contribution in [0.2, 0.25) is 0 Å². The maximum atomic E-state index is 10.9. The van der Waals surface area contributed by atoms with Crippen LogP contribution in [0.5, 0.6) is 0 Å². The van der Waals surface area contributed by atoms with E-state index in [1.165, 1.54) is 0 Å². The Morgan fingerprint density at radius 2 is 1.95 bits per heavy atom. The molecule has 0 radical (unpaired) electrons. The summed E-state index contributed by atoms with van der Waals surface area (Å²) in [6, 6.07) is 7.64. The third kappa shape index (κ3) is 6.14. The summed E-state index contributed by atoms with van der Waals surface area (Å²) in [5.74, 6) is -1.27. The zero-order chi connectivity index (χ0) is 14.8. The van der Waals surface area contributed by atoms with Gasteiger partial charge in [0.25, 0.3) is 0 Å². The second-order valence-corrected chi connectivity index (χ2v) is 4.58. The van der Waals surface area contributed by atoms with Gasteiger partial charge in [0.1, 0.15) is 0 Å². The van der Waals surface area contributed by atoms with E-state index in [0.717, 1.165) is 24.2 Å². The lowest BCUT2D eigenvalue weighted by Crippen LogP contribution is -2.20. The van der Waals surface area contributed by atoms with Crippen molar-refractivity contribution in [1.29, 1.82) is 0 Å². The number of carboxylic acids is 1. The fourth-order valence-electron chi connectivity index (χ4n) is 1.69. The van der Waals surface area contributed by atoms with Gasteiger partial charge in [0.2, 0.25) is 0 Å². The summed E-state index contributed by atoms with van der Waals surface area (Å²) in [7, 11) is 1.65. The van der Waals surface area contributed by atoms with Gasteiger partial charge in [0, 0.05) is 20.2 Å². The minimum Gasteiger partial charge on any atom is -0.481 e. The fourth-order valence-corrected chi connectivity index (χ4v) is 1.69. The molecule has 0 saturated carbocycles. The number of nitrogens with one attached hydrogen (secondary N) is 1. The Kier molecular flexibility index (Phi) is 7.87. The number of hydrogen-bond acceptors (Lipinski definition) is 4. The summed E-state index contributed by atoms with van der Waals surface area (Å²) in [6.07, 6.45) is 0. The molecule has 5 nitrogen and oxygen atoms in total. The van der Waals surface area contributed by atoms with Crippen LogP contribution in [-0.2, 0) is 20.8 Å². The maximum Gasteiger partial charge on any atom is 0.310 e. The lowest BCUT2D eigenvalue weighted by Gasteiger charge is -2.09. The minimum atomic E-state index is -0.802. The molecule has 0 saturated heterocycles. The topological polar surface area (TPSA) is 67.8 Å². The van der Waals surface area contributed by atoms with E-state index in [9.17, 15) is 4.79 Å². The van der Waals surface area contributed by atoms with Crippen molar-refractivity contribution in [3.63, 3.8) is 0 Å². The van der Waals surface area contributed by atoms with Crippen molar-refractivity contribution in [3.05, 3.63) is 35.4 Å². The first-order chi connectivity index (χ1) is 9.65. The Bertz CT molecular complexity index is 391. The highest BCUT2D eigenvalue weighted by atomic mass is 16.5. The highest BCUT2D eigenvalue weighted by Gasteiger charge is 2.12. The molecule has 1 unspecified atom stereocenters. The van der Waals surface area contributed by atoms with Gasteiger partial charge in [-0.1, -0.05) is 24.3 Å². The molecule has 1 aromatic rings. The molecule has 0 spiro atoms. The Morgan fingerprint density at radius 3 is 2.55 bits per heavy atom. The molecule has 0 heterocycles. The molecule has 0 aliphatic rings.